The Balaban J connectivity index is 0.00000465. The SMILES string of the molecule is Cc1nc2ccc3ccc(CN(C(=O)OCC4c5ccccc5-c5ccccc54)c4ccc5c(c4)CN(C(CCC(=O)O)C(=O)O)C5=O)cc3c2c(=O)[nH]1.[Fm]. The molecule has 2 aliphatic rings. The Labute approximate surface area is 308 Å². The van der Waals surface area contributed by atoms with Gasteiger partial charge in [-0.3, -0.25) is 19.3 Å². The summed E-state index contributed by atoms with van der Waals surface area (Å²) in [4.78, 5) is 74.1. The number of hydrogen-bond donors (Lipinski definition) is 3. The average Bonchev–Trinajstić information content (AvgIpc) is 3.65. The number of aromatic nitrogens is 2. The van der Waals surface area contributed by atoms with Crippen molar-refractivity contribution in [3.63, 3.8) is 0 Å². The normalized spacial score (nSPS) is 13.5. The van der Waals surface area contributed by atoms with Gasteiger partial charge in [0.2, 0.25) is 0 Å². The molecule has 2 heterocycles. The number of amides is 2. The van der Waals surface area contributed by atoms with E-state index in [1.54, 1.807) is 31.2 Å². The van der Waals surface area contributed by atoms with Crippen LogP contribution in [0.1, 0.15) is 57.2 Å². The maximum Gasteiger partial charge on any atom is 0.414 e. The molecule has 6 aromatic rings. The molecule has 0 saturated heterocycles. The fourth-order valence-electron chi connectivity index (χ4n) is 7.76. The molecule has 0 radical (unpaired) electrons. The summed E-state index contributed by atoms with van der Waals surface area (Å²) in [5, 5.41) is 21.0. The van der Waals surface area contributed by atoms with Gasteiger partial charge in [0, 0.05) is 30.1 Å². The molecule has 5 aromatic carbocycles. The molecule has 1 aliphatic heterocycles. The van der Waals surface area contributed by atoms with Gasteiger partial charge in [0.15, 0.2) is 0 Å². The third-order valence-corrected chi connectivity index (χ3v) is 10.3. The van der Waals surface area contributed by atoms with Gasteiger partial charge in [0.1, 0.15) is 18.5 Å². The molecule has 1 atom stereocenters. The van der Waals surface area contributed by atoms with Gasteiger partial charge < -0.3 is 24.8 Å². The van der Waals surface area contributed by atoms with Crippen LogP contribution in [0.15, 0.2) is 102 Å². The molecule has 1 unspecified atom stereocenters. The summed E-state index contributed by atoms with van der Waals surface area (Å²) in [6, 6.07) is 28.8. The number of benzene rings is 5. The Hall–Kier alpha value is -7.82. The van der Waals surface area contributed by atoms with Gasteiger partial charge in [0.25, 0.3) is 11.5 Å². The standard InChI is InChI=1S/C42H34N4O8.Fm/c1-23-43-35-15-12-25-11-10-24(18-33(25)38(35)39(49)44-23)20-45(42(53)54-22-34-31-8-4-2-6-29(31)30-7-3-5-9-32(30)34)27-13-14-28-26(19-27)21-46(40(28)50)36(41(51)52)16-17-37(47)48;/h2-15,18-19,34,36H,16-17,20-22H2,1H3,(H,47,48)(H,51,52)(H,43,44,49);. The van der Waals surface area contributed by atoms with Crippen molar-refractivity contribution >= 4 is 51.3 Å². The third kappa shape index (κ3) is 6.35. The van der Waals surface area contributed by atoms with Crippen LogP contribution in [0, 0.1) is 6.92 Å². The van der Waals surface area contributed by atoms with E-state index in [9.17, 15) is 34.2 Å². The van der Waals surface area contributed by atoms with Crippen molar-refractivity contribution in [1.82, 2.24) is 14.9 Å². The van der Waals surface area contributed by atoms with Gasteiger partial charge in [-0.2, -0.15) is 0 Å². The molecule has 0 spiro atoms. The number of carbonyl (C=O) groups excluding carboxylic acids is 2. The number of anilines is 1. The number of aliphatic carboxylic acids is 2. The molecular weight excluding hydrogens is 945 g/mol. The first kappa shape index (κ1) is 35.6. The Morgan fingerprint density at radius 3 is 2.29 bits per heavy atom. The number of H-pyrrole nitrogens is 1. The van der Waals surface area contributed by atoms with Crippen molar-refractivity contribution in [1.29, 1.82) is 0 Å². The summed E-state index contributed by atoms with van der Waals surface area (Å²) >= 11 is 0. The van der Waals surface area contributed by atoms with Gasteiger partial charge in [0.05, 0.1) is 17.4 Å². The minimum Gasteiger partial charge on any atom is -0.481 e. The zero-order chi connectivity index (χ0) is 37.7. The molecule has 0 fully saturated rings. The second-order valence-corrected chi connectivity index (χ2v) is 13.6. The quantitative estimate of drug-likeness (QED) is 0.128. The second-order valence-electron chi connectivity index (χ2n) is 13.6. The molecule has 3 N–H and O–H groups in total. The number of carboxylic acid groups (broad SMARTS) is 2. The Morgan fingerprint density at radius 1 is 0.909 bits per heavy atom. The molecule has 1 aromatic heterocycles. The number of aryl methyl sites for hydroxylation is 1. The first-order valence-corrected chi connectivity index (χ1v) is 17.5. The summed E-state index contributed by atoms with van der Waals surface area (Å²) in [5.74, 6) is -2.69. The number of rotatable bonds is 10. The summed E-state index contributed by atoms with van der Waals surface area (Å²) in [6.45, 7) is 1.74. The Kier molecular flexibility index (Phi) is 9.03. The van der Waals surface area contributed by atoms with Crippen LogP contribution >= 0.6 is 0 Å². The Morgan fingerprint density at radius 2 is 1.60 bits per heavy atom. The molecule has 8 rings (SSSR count). The third-order valence-electron chi connectivity index (χ3n) is 10.3. The number of carboxylic acids is 2. The van der Waals surface area contributed by atoms with E-state index >= 15 is 0 Å². The maximum atomic E-state index is 14.3. The van der Waals surface area contributed by atoms with Crippen LogP contribution in [0.2, 0.25) is 0 Å². The van der Waals surface area contributed by atoms with Crippen molar-refractivity contribution in [2.24, 2.45) is 0 Å². The fraction of sp³-hybridized carbons (Fsp3) is 0.190. The first-order chi connectivity index (χ1) is 26.1. The van der Waals surface area contributed by atoms with Crippen LogP contribution < -0.4 is 10.5 Å². The van der Waals surface area contributed by atoms with E-state index in [1.807, 2.05) is 60.7 Å². The molecular formula is C42H34FmN4O8. The topological polar surface area (TPSA) is 170 Å². The Bertz CT molecular complexity index is 2560. The zero-order valence-electron chi connectivity index (χ0n) is 29.4. The van der Waals surface area contributed by atoms with E-state index in [4.69, 9.17) is 4.74 Å². The smallest absolute Gasteiger partial charge is 0.414 e. The molecule has 55 heavy (non-hydrogen) atoms. The summed E-state index contributed by atoms with van der Waals surface area (Å²) in [7, 11) is 0. The summed E-state index contributed by atoms with van der Waals surface area (Å²) in [5.41, 5.74) is 6.43. The maximum absolute atomic E-state index is 14.3. The van der Waals surface area contributed by atoms with E-state index < -0.39 is 36.4 Å². The fourth-order valence-corrected chi connectivity index (χ4v) is 7.76. The molecule has 0 saturated carbocycles. The minimum atomic E-state index is -1.34. The number of nitrogens with zero attached hydrogens (tertiary/aromatic N) is 3. The average molecular weight is 980 g/mol. The minimum absolute atomic E-state index is 0. The number of ether oxygens (including phenoxy) is 1. The van der Waals surface area contributed by atoms with Crippen molar-refractivity contribution < 1.29 is 34.1 Å². The molecule has 12 nitrogen and oxygen atoms in total. The molecule has 13 heteroatoms. The van der Waals surface area contributed by atoms with Gasteiger partial charge in [-0.25, -0.2) is 14.6 Å². The van der Waals surface area contributed by atoms with E-state index in [-0.39, 0.29) is 43.2 Å². The van der Waals surface area contributed by atoms with Crippen LogP contribution in [0.5, 0.6) is 0 Å². The first-order valence-electron chi connectivity index (χ1n) is 17.5. The molecule has 1 aliphatic carbocycles. The molecule has 0 bridgehead atoms. The molecule has 282 valence electrons. The van der Waals surface area contributed by atoms with Crippen LogP contribution in [0.4, 0.5) is 10.5 Å². The number of hydrogen-bond acceptors (Lipinski definition) is 7. The van der Waals surface area contributed by atoms with Crippen molar-refractivity contribution in [3.8, 4) is 11.1 Å². The van der Waals surface area contributed by atoms with Crippen LogP contribution in [-0.4, -0.2) is 61.7 Å². The molecule has 2 amide bonds. The van der Waals surface area contributed by atoms with Crippen LogP contribution in [0.25, 0.3) is 32.8 Å². The predicted octanol–water partition coefficient (Wildman–Crippen LogP) is 6.61. The zero-order valence-corrected chi connectivity index (χ0v) is 31.8. The number of nitrogens with one attached hydrogen (secondary N) is 1. The van der Waals surface area contributed by atoms with E-state index in [2.05, 4.69) is 22.1 Å². The van der Waals surface area contributed by atoms with E-state index in [0.29, 0.717) is 38.9 Å². The van der Waals surface area contributed by atoms with Crippen molar-refractivity contribution in [2.75, 3.05) is 11.5 Å². The number of aromatic amines is 1. The second kappa shape index (κ2) is 14.0. The number of fused-ring (bicyclic) bond motifs is 7. The van der Waals surface area contributed by atoms with Gasteiger partial charge in [-0.1, -0.05) is 66.7 Å². The van der Waals surface area contributed by atoms with Crippen LogP contribution in [0.3, 0.4) is 0 Å². The van der Waals surface area contributed by atoms with E-state index in [0.717, 1.165) is 32.5 Å². The van der Waals surface area contributed by atoms with Gasteiger partial charge >= 0.3 is 18.0 Å². The van der Waals surface area contributed by atoms with Gasteiger partial charge in [-0.05, 0) is 87.8 Å². The van der Waals surface area contributed by atoms with Crippen molar-refractivity contribution in [3.05, 3.63) is 141 Å². The largest absolute Gasteiger partial charge is 0.481 e. The summed E-state index contributed by atoms with van der Waals surface area (Å²) in [6.07, 6.45) is -1.31. The van der Waals surface area contributed by atoms with Gasteiger partial charge in [-0.15, -0.1) is 0 Å². The summed E-state index contributed by atoms with van der Waals surface area (Å²) < 4.78 is 6.12. The predicted molar refractivity (Wildman–Crippen MR) is 200 cm³/mol. The number of carbonyl (C=O) groups is 4. The van der Waals surface area contributed by atoms with E-state index in [1.165, 1.54) is 4.90 Å². The van der Waals surface area contributed by atoms with Crippen molar-refractivity contribution in [2.45, 2.75) is 44.8 Å². The van der Waals surface area contributed by atoms with Crippen LogP contribution in [-0.2, 0) is 27.4 Å². The monoisotopic (exact) mass is 979 g/mol.